The highest BCUT2D eigenvalue weighted by molar-refractivity contribution is 6.20. The summed E-state index contributed by atoms with van der Waals surface area (Å²) < 4.78 is 5.45. The fourth-order valence-corrected chi connectivity index (χ4v) is 1.07. The molecule has 0 radical (unpaired) electrons. The SMILES string of the molecule is ClC1N=CC(OCC2CC2)=CN1. The molecule has 1 unspecified atom stereocenters. The van der Waals surface area contributed by atoms with Crippen molar-refractivity contribution in [3.8, 4) is 0 Å². The number of halogens is 1. The zero-order valence-corrected chi connectivity index (χ0v) is 7.42. The maximum atomic E-state index is 5.65. The smallest absolute Gasteiger partial charge is 0.195 e. The van der Waals surface area contributed by atoms with E-state index >= 15 is 0 Å². The van der Waals surface area contributed by atoms with Gasteiger partial charge in [0.1, 0.15) is 0 Å². The van der Waals surface area contributed by atoms with E-state index < -0.39 is 0 Å². The molecule has 0 bridgehead atoms. The standard InChI is InChI=1S/C8H11ClN2O/c9-8-10-3-7(4-11-8)12-5-6-1-2-6/h3-4,6,8,10H,1-2,5H2. The minimum atomic E-state index is -0.335. The first kappa shape index (κ1) is 7.92. The Labute approximate surface area is 76.5 Å². The number of nitrogens with zero attached hydrogens (tertiary/aromatic N) is 1. The molecule has 0 amide bonds. The van der Waals surface area contributed by atoms with Gasteiger partial charge < -0.3 is 10.1 Å². The van der Waals surface area contributed by atoms with Crippen molar-refractivity contribution in [3.63, 3.8) is 0 Å². The van der Waals surface area contributed by atoms with E-state index in [2.05, 4.69) is 10.3 Å². The Hall–Kier alpha value is -0.700. The van der Waals surface area contributed by atoms with E-state index in [9.17, 15) is 0 Å². The van der Waals surface area contributed by atoms with E-state index in [0.717, 1.165) is 18.3 Å². The molecule has 3 nitrogen and oxygen atoms in total. The van der Waals surface area contributed by atoms with Crippen LogP contribution in [0.4, 0.5) is 0 Å². The van der Waals surface area contributed by atoms with Crippen LogP contribution in [0.2, 0.25) is 0 Å². The van der Waals surface area contributed by atoms with E-state index in [1.165, 1.54) is 12.8 Å². The van der Waals surface area contributed by atoms with Gasteiger partial charge in [-0.25, -0.2) is 4.99 Å². The number of ether oxygens (including phenoxy) is 1. The zero-order chi connectivity index (χ0) is 8.39. The summed E-state index contributed by atoms with van der Waals surface area (Å²) >= 11 is 5.65. The van der Waals surface area contributed by atoms with E-state index in [0.29, 0.717) is 0 Å². The van der Waals surface area contributed by atoms with Crippen molar-refractivity contribution >= 4 is 17.8 Å². The van der Waals surface area contributed by atoms with Crippen LogP contribution in [-0.2, 0) is 4.74 Å². The lowest BCUT2D eigenvalue weighted by atomic mass is 10.4. The van der Waals surface area contributed by atoms with Crippen molar-refractivity contribution in [3.05, 3.63) is 12.0 Å². The van der Waals surface area contributed by atoms with Crippen LogP contribution in [0.15, 0.2) is 17.0 Å². The topological polar surface area (TPSA) is 33.6 Å². The third-order valence-corrected chi connectivity index (χ3v) is 2.12. The molecule has 1 aliphatic carbocycles. The summed E-state index contributed by atoms with van der Waals surface area (Å²) in [7, 11) is 0. The largest absolute Gasteiger partial charge is 0.490 e. The quantitative estimate of drug-likeness (QED) is 0.535. The van der Waals surface area contributed by atoms with Crippen molar-refractivity contribution in [2.75, 3.05) is 6.61 Å². The maximum Gasteiger partial charge on any atom is 0.195 e. The van der Waals surface area contributed by atoms with Crippen LogP contribution in [0.1, 0.15) is 12.8 Å². The average molecular weight is 187 g/mol. The number of rotatable bonds is 3. The van der Waals surface area contributed by atoms with Gasteiger partial charge in [-0.3, -0.25) is 0 Å². The lowest BCUT2D eigenvalue weighted by molar-refractivity contribution is 0.215. The zero-order valence-electron chi connectivity index (χ0n) is 6.66. The fraction of sp³-hybridized carbons (Fsp3) is 0.625. The Morgan fingerprint density at radius 2 is 2.50 bits per heavy atom. The first-order chi connectivity index (χ1) is 5.84. The first-order valence-corrected chi connectivity index (χ1v) is 4.54. The minimum absolute atomic E-state index is 0.335. The lowest BCUT2D eigenvalue weighted by Crippen LogP contribution is -2.21. The molecule has 12 heavy (non-hydrogen) atoms. The molecule has 0 aromatic heterocycles. The number of nitrogens with one attached hydrogen (secondary N) is 1. The van der Waals surface area contributed by atoms with Crippen molar-refractivity contribution in [1.82, 2.24) is 5.32 Å². The Balaban J connectivity index is 1.76. The van der Waals surface area contributed by atoms with Crippen LogP contribution < -0.4 is 5.32 Å². The highest BCUT2D eigenvalue weighted by atomic mass is 35.5. The van der Waals surface area contributed by atoms with Crippen molar-refractivity contribution in [2.45, 2.75) is 18.5 Å². The van der Waals surface area contributed by atoms with Gasteiger partial charge in [0.2, 0.25) is 0 Å². The molecule has 0 saturated heterocycles. The summed E-state index contributed by atoms with van der Waals surface area (Å²) in [5.41, 5.74) is -0.335. The molecule has 2 rings (SSSR count). The molecule has 66 valence electrons. The molecule has 1 fully saturated rings. The molecule has 2 aliphatic rings. The predicted molar refractivity (Wildman–Crippen MR) is 48.0 cm³/mol. The third-order valence-electron chi connectivity index (χ3n) is 1.88. The number of hydrogen-bond acceptors (Lipinski definition) is 3. The van der Waals surface area contributed by atoms with Gasteiger partial charge in [-0.15, -0.1) is 0 Å². The highest BCUT2D eigenvalue weighted by Gasteiger charge is 2.22. The Bertz CT molecular complexity index is 223. The molecule has 1 N–H and O–H groups in total. The molecule has 0 spiro atoms. The van der Waals surface area contributed by atoms with Crippen LogP contribution in [0.3, 0.4) is 0 Å². The van der Waals surface area contributed by atoms with Crippen LogP contribution in [0, 0.1) is 5.92 Å². The summed E-state index contributed by atoms with van der Waals surface area (Å²) in [6.07, 6.45) is 6.02. The average Bonchev–Trinajstić information content (AvgIpc) is 2.87. The third kappa shape index (κ3) is 2.14. The Morgan fingerprint density at radius 1 is 1.67 bits per heavy atom. The minimum Gasteiger partial charge on any atom is -0.490 e. The maximum absolute atomic E-state index is 5.65. The van der Waals surface area contributed by atoms with Gasteiger partial charge in [-0.05, 0) is 18.8 Å². The van der Waals surface area contributed by atoms with Crippen LogP contribution in [0.25, 0.3) is 0 Å². The first-order valence-electron chi connectivity index (χ1n) is 4.11. The van der Waals surface area contributed by atoms with E-state index in [1.54, 1.807) is 12.4 Å². The number of alkyl halides is 1. The van der Waals surface area contributed by atoms with Gasteiger partial charge in [-0.1, -0.05) is 11.6 Å². The molecule has 4 heteroatoms. The highest BCUT2D eigenvalue weighted by Crippen LogP contribution is 2.29. The molecule has 0 aromatic carbocycles. The van der Waals surface area contributed by atoms with E-state index in [1.807, 2.05) is 0 Å². The monoisotopic (exact) mass is 186 g/mol. The van der Waals surface area contributed by atoms with Crippen molar-refractivity contribution in [1.29, 1.82) is 0 Å². The van der Waals surface area contributed by atoms with Gasteiger partial charge in [-0.2, -0.15) is 0 Å². The van der Waals surface area contributed by atoms with Crippen molar-refractivity contribution in [2.24, 2.45) is 10.9 Å². The number of allylic oxidation sites excluding steroid dienone is 1. The van der Waals surface area contributed by atoms with Gasteiger partial charge in [0.15, 0.2) is 11.4 Å². The van der Waals surface area contributed by atoms with Crippen molar-refractivity contribution < 1.29 is 4.74 Å². The fourth-order valence-electron chi connectivity index (χ4n) is 0.948. The second-order valence-corrected chi connectivity index (χ2v) is 3.50. The van der Waals surface area contributed by atoms with Gasteiger partial charge in [0.05, 0.1) is 12.8 Å². The van der Waals surface area contributed by atoms with Crippen LogP contribution in [-0.4, -0.2) is 18.4 Å². The second kappa shape index (κ2) is 3.35. The van der Waals surface area contributed by atoms with Gasteiger partial charge in [0.25, 0.3) is 0 Å². The molecular weight excluding hydrogens is 176 g/mol. The second-order valence-electron chi connectivity index (χ2n) is 3.08. The van der Waals surface area contributed by atoms with Gasteiger partial charge >= 0.3 is 0 Å². The normalized spacial score (nSPS) is 27.8. The summed E-state index contributed by atoms with van der Waals surface area (Å²) in [6, 6.07) is 0. The lowest BCUT2D eigenvalue weighted by Gasteiger charge is -2.12. The van der Waals surface area contributed by atoms with Crippen LogP contribution >= 0.6 is 11.6 Å². The molecular formula is C8H11ClN2O. The van der Waals surface area contributed by atoms with E-state index in [4.69, 9.17) is 16.3 Å². The molecule has 1 heterocycles. The summed E-state index contributed by atoms with van der Waals surface area (Å²) in [4.78, 5) is 3.95. The molecule has 1 atom stereocenters. The number of hydrogen-bond donors (Lipinski definition) is 1. The molecule has 1 aliphatic heterocycles. The van der Waals surface area contributed by atoms with Crippen LogP contribution in [0.5, 0.6) is 0 Å². The summed E-state index contributed by atoms with van der Waals surface area (Å²) in [5, 5.41) is 2.86. The van der Waals surface area contributed by atoms with Gasteiger partial charge in [0, 0.05) is 6.20 Å². The Morgan fingerprint density at radius 3 is 3.08 bits per heavy atom. The Kier molecular flexibility index (Phi) is 2.21. The summed E-state index contributed by atoms with van der Waals surface area (Å²) in [5.74, 6) is 1.55. The summed E-state index contributed by atoms with van der Waals surface area (Å²) in [6.45, 7) is 0.812. The molecule has 0 aromatic rings. The predicted octanol–water partition coefficient (Wildman–Crippen LogP) is 1.45. The number of aliphatic imine (C=N–C) groups is 1. The van der Waals surface area contributed by atoms with E-state index in [-0.39, 0.29) is 5.62 Å². The molecule has 1 saturated carbocycles.